The Morgan fingerprint density at radius 3 is 2.40 bits per heavy atom. The normalized spacial score (nSPS) is 11.1. The summed E-state index contributed by atoms with van der Waals surface area (Å²) in [5.74, 6) is 0. The van der Waals surface area contributed by atoms with E-state index in [1.165, 1.54) is 15.4 Å². The molecule has 0 aromatic heterocycles. The van der Waals surface area contributed by atoms with Crippen molar-refractivity contribution in [1.29, 1.82) is 0 Å². The standard InChI is InChI=1S/C12H8N2S2.3ClH.Zn/c1-2-4-9(5-3-1)13-10-6-7-11-12(8-10)15-16-14-11;;;;/h1-8H;3*1H;/q;;;;+2/p-2. The molecule has 8 heteroatoms. The fraction of sp³-hybridized carbons (Fsp3) is 0. The van der Waals surface area contributed by atoms with Gasteiger partial charge in [-0.1, -0.05) is 28.5 Å². The van der Waals surface area contributed by atoms with Crippen LogP contribution in [0, 0.1) is 0 Å². The molecule has 1 aromatic carbocycles. The Hall–Kier alpha value is -0.0266. The predicted octanol–water partition coefficient (Wildman–Crippen LogP) is 3.69. The summed E-state index contributed by atoms with van der Waals surface area (Å²) in [5, 5.41) is 1.11. The molecule has 0 saturated heterocycles. The molecular weight excluding hydrogens is 408 g/mol. The van der Waals surface area contributed by atoms with E-state index < -0.39 is 13.0 Å². The van der Waals surface area contributed by atoms with E-state index in [0.29, 0.717) is 0 Å². The number of aromatic nitrogens is 1. The van der Waals surface area contributed by atoms with Gasteiger partial charge in [0.05, 0.1) is 10.6 Å². The number of hydrogen-bond donors (Lipinski definition) is 1. The summed E-state index contributed by atoms with van der Waals surface area (Å²) in [7, 11) is 18.3. The molecule has 0 unspecified atom stereocenters. The van der Waals surface area contributed by atoms with Gasteiger partial charge in [0.2, 0.25) is 11.0 Å². The van der Waals surface area contributed by atoms with Gasteiger partial charge in [0.1, 0.15) is 0 Å². The first-order valence-corrected chi connectivity index (χ1v) is 19.5. The molecule has 1 N–H and O–H groups in total. The molecule has 2 aliphatic rings. The first-order valence-electron chi connectivity index (χ1n) is 5.73. The van der Waals surface area contributed by atoms with Crippen LogP contribution in [0.1, 0.15) is 0 Å². The topological polar surface area (TPSA) is 26.9 Å². The Bertz CT molecular complexity index is 682. The number of nitrogens with zero attached hydrogens (tertiary/aromatic N) is 1. The molecule has 1 aliphatic carbocycles. The molecule has 0 saturated carbocycles. The molecule has 0 bridgehead atoms. The summed E-state index contributed by atoms with van der Waals surface area (Å²) in [5.41, 5.74) is 2.18. The number of fused-ring (bicyclic) bond motifs is 1. The summed E-state index contributed by atoms with van der Waals surface area (Å²) in [6.45, 7) is 0. The van der Waals surface area contributed by atoms with Crippen LogP contribution in [-0.2, 0) is 13.0 Å². The zero-order valence-electron chi connectivity index (χ0n) is 10.2. The maximum absolute atomic E-state index is 5.01. The minimum Gasteiger partial charge on any atom is -0.205 e. The molecule has 1 aliphatic heterocycles. The van der Waals surface area contributed by atoms with E-state index in [2.05, 4.69) is 33.6 Å². The monoisotopic (exact) mass is 414 g/mol. The number of halogens is 3. The molecule has 1 heterocycles. The fourth-order valence-corrected chi connectivity index (χ4v) is 3.30. The van der Waals surface area contributed by atoms with Crippen LogP contribution >= 0.6 is 49.9 Å². The smallest absolute Gasteiger partial charge is 0.205 e. The molecular formula is C12H9Cl3N2S2Zn. The average molecular weight is 417 g/mol. The molecule has 102 valence electrons. The van der Waals surface area contributed by atoms with Gasteiger partial charge in [0.15, 0.2) is 0 Å². The van der Waals surface area contributed by atoms with Crippen LogP contribution in [0.3, 0.4) is 0 Å². The maximum atomic E-state index is 5.01. The number of para-hydroxylation sites is 1. The van der Waals surface area contributed by atoms with Crippen LogP contribution in [-0.4, -0.2) is 4.37 Å². The third-order valence-electron chi connectivity index (χ3n) is 2.28. The number of benzene rings is 2. The second-order valence-electron chi connectivity index (χ2n) is 3.73. The molecule has 20 heavy (non-hydrogen) atoms. The van der Waals surface area contributed by atoms with Crippen molar-refractivity contribution in [2.75, 3.05) is 0 Å². The largest absolute Gasteiger partial charge is 0.205 e. The van der Waals surface area contributed by atoms with Gasteiger partial charge in [-0.25, -0.2) is 4.99 Å². The molecule has 0 atom stereocenters. The number of hydrogen-bond acceptors (Lipinski definition) is 3. The van der Waals surface area contributed by atoms with E-state index in [1.54, 1.807) is 10.3 Å². The molecule has 0 spiro atoms. The van der Waals surface area contributed by atoms with E-state index in [-0.39, 0.29) is 0 Å². The van der Waals surface area contributed by atoms with Crippen molar-refractivity contribution in [2.24, 2.45) is 0 Å². The van der Waals surface area contributed by atoms with E-state index in [9.17, 15) is 0 Å². The van der Waals surface area contributed by atoms with Gasteiger partial charge in [-0.15, -0.1) is 0 Å². The zero-order chi connectivity index (χ0) is 14.4. The third-order valence-corrected chi connectivity index (χ3v) is 4.12. The van der Waals surface area contributed by atoms with Crippen LogP contribution in [0.15, 0.2) is 48.5 Å². The molecule has 0 radical (unpaired) electrons. The Balaban J connectivity index is 0.000000328. The fourth-order valence-electron chi connectivity index (χ4n) is 1.52. The van der Waals surface area contributed by atoms with Crippen molar-refractivity contribution in [3.63, 3.8) is 0 Å². The van der Waals surface area contributed by atoms with Crippen molar-refractivity contribution >= 4 is 55.6 Å². The van der Waals surface area contributed by atoms with E-state index in [0.717, 1.165) is 16.7 Å². The second kappa shape index (κ2) is 8.42. The van der Waals surface area contributed by atoms with Crippen LogP contribution in [0.25, 0.3) is 10.6 Å². The Labute approximate surface area is 141 Å². The molecule has 0 fully saturated rings. The van der Waals surface area contributed by atoms with E-state index in [1.807, 2.05) is 24.3 Å². The zero-order valence-corrected chi connectivity index (χ0v) is 17.1. The number of rotatable bonds is 1. The Morgan fingerprint density at radius 2 is 1.70 bits per heavy atom. The van der Waals surface area contributed by atoms with Crippen molar-refractivity contribution in [2.45, 2.75) is 0 Å². The molecule has 1 aromatic rings. The predicted molar refractivity (Wildman–Crippen MR) is 84.4 cm³/mol. The van der Waals surface area contributed by atoms with Crippen LogP contribution in [0.4, 0.5) is 5.69 Å². The minimum absolute atomic E-state index is 1.08. The van der Waals surface area contributed by atoms with Crippen molar-refractivity contribution in [1.82, 2.24) is 4.37 Å². The van der Waals surface area contributed by atoms with Crippen molar-refractivity contribution in [3.05, 3.63) is 53.9 Å². The summed E-state index contributed by atoms with van der Waals surface area (Å²) in [4.78, 5) is 4.60. The molecule has 3 rings (SSSR count). The SMILES string of the molecule is [Cl][Zn-]([Cl])[Cl].c1ccc([NH+]=c2ccc3nssc-3c2)cc1. The Kier molecular flexibility index (Phi) is 6.89. The van der Waals surface area contributed by atoms with Gasteiger partial charge in [-0.2, -0.15) is 4.37 Å². The van der Waals surface area contributed by atoms with Gasteiger partial charge in [-0.3, -0.25) is 0 Å². The summed E-state index contributed by atoms with van der Waals surface area (Å²) in [6.07, 6.45) is 0. The van der Waals surface area contributed by atoms with Crippen LogP contribution in [0.5, 0.6) is 0 Å². The Morgan fingerprint density at radius 1 is 1.00 bits per heavy atom. The van der Waals surface area contributed by atoms with Crippen molar-refractivity contribution in [3.8, 4) is 10.6 Å². The van der Waals surface area contributed by atoms with Gasteiger partial charge in [0, 0.05) is 34.8 Å². The van der Waals surface area contributed by atoms with Crippen LogP contribution < -0.4 is 10.3 Å². The van der Waals surface area contributed by atoms with Gasteiger partial charge in [-0.05, 0) is 6.07 Å². The quantitative estimate of drug-likeness (QED) is 0.475. The van der Waals surface area contributed by atoms with Crippen molar-refractivity contribution < 1.29 is 18.0 Å². The second-order valence-corrected chi connectivity index (χ2v) is 19.5. The summed E-state index contributed by atoms with van der Waals surface area (Å²) in [6, 6.07) is 16.4. The minimum atomic E-state index is -2.21. The van der Waals surface area contributed by atoms with Gasteiger partial charge < -0.3 is 0 Å². The first-order chi connectivity index (χ1) is 9.65. The summed E-state index contributed by atoms with van der Waals surface area (Å²) >= 11 is -2.21. The average Bonchev–Trinajstić information content (AvgIpc) is 2.87. The number of nitrogens with one attached hydrogen (secondary N) is 1. The summed E-state index contributed by atoms with van der Waals surface area (Å²) < 4.78 is 4.30. The third kappa shape index (κ3) is 5.40. The maximum Gasteiger partial charge on any atom is 0.205 e. The molecule has 2 nitrogen and oxygen atoms in total. The van der Waals surface area contributed by atoms with Crippen LogP contribution in [0.2, 0.25) is 0 Å². The van der Waals surface area contributed by atoms with Gasteiger partial charge >= 0.3 is 42.1 Å². The van der Waals surface area contributed by atoms with E-state index in [4.69, 9.17) is 29.1 Å². The van der Waals surface area contributed by atoms with Gasteiger partial charge in [0.25, 0.3) is 0 Å². The first kappa shape index (κ1) is 16.3. The molecule has 0 amide bonds. The van der Waals surface area contributed by atoms with E-state index >= 15 is 0 Å².